The van der Waals surface area contributed by atoms with Gasteiger partial charge in [-0.3, -0.25) is 4.79 Å². The minimum Gasteiger partial charge on any atom is -0.507 e. The summed E-state index contributed by atoms with van der Waals surface area (Å²) >= 11 is 0. The van der Waals surface area contributed by atoms with Gasteiger partial charge in [0, 0.05) is 17.3 Å². The molecule has 1 aromatic heterocycles. The number of benzene rings is 1. The lowest BCUT2D eigenvalue weighted by molar-refractivity contribution is 0.379. The Morgan fingerprint density at radius 2 is 1.68 bits per heavy atom. The fraction of sp³-hybridized carbons (Fsp3) is 0.312. The number of aromatic hydroxyl groups is 1. The van der Waals surface area contributed by atoms with Crippen molar-refractivity contribution in [2.24, 2.45) is 0 Å². The van der Waals surface area contributed by atoms with Gasteiger partial charge in [-0.2, -0.15) is 0 Å². The van der Waals surface area contributed by atoms with E-state index in [9.17, 15) is 9.90 Å². The molecule has 3 nitrogen and oxygen atoms in total. The highest BCUT2D eigenvalue weighted by atomic mass is 16.3. The molecule has 0 saturated carbocycles. The van der Waals surface area contributed by atoms with Crippen LogP contribution in [0.4, 0.5) is 0 Å². The SMILES string of the molecule is Cc1cn(C(C)(C)C)c(=O)c(-c2ccccc2)c1O. The summed E-state index contributed by atoms with van der Waals surface area (Å²) in [5.74, 6) is 0.0664. The molecule has 0 atom stereocenters. The zero-order chi connectivity index (χ0) is 14.2. The molecular formula is C16H19NO2. The number of pyridine rings is 1. The van der Waals surface area contributed by atoms with E-state index >= 15 is 0 Å². The molecule has 0 aliphatic rings. The summed E-state index contributed by atoms with van der Waals surface area (Å²) in [7, 11) is 0. The lowest BCUT2D eigenvalue weighted by Gasteiger charge is -2.24. The summed E-state index contributed by atoms with van der Waals surface area (Å²) in [6.07, 6.45) is 1.71. The van der Waals surface area contributed by atoms with Gasteiger partial charge in [0.2, 0.25) is 0 Å². The standard InChI is InChI=1S/C16H19NO2/c1-11-10-17(16(2,3)4)15(19)13(14(11)18)12-8-6-5-7-9-12/h5-10,18H,1-4H3. The quantitative estimate of drug-likeness (QED) is 0.851. The molecule has 0 aliphatic heterocycles. The van der Waals surface area contributed by atoms with Gasteiger partial charge in [-0.1, -0.05) is 30.3 Å². The smallest absolute Gasteiger partial charge is 0.262 e. The summed E-state index contributed by atoms with van der Waals surface area (Å²) in [6, 6.07) is 9.28. The molecule has 0 unspecified atom stereocenters. The van der Waals surface area contributed by atoms with Crippen molar-refractivity contribution in [2.75, 3.05) is 0 Å². The van der Waals surface area contributed by atoms with Crippen molar-refractivity contribution in [3.05, 3.63) is 52.4 Å². The number of aryl methyl sites for hydroxylation is 1. The van der Waals surface area contributed by atoms with E-state index < -0.39 is 0 Å². The molecule has 0 spiro atoms. The minimum atomic E-state index is -0.320. The van der Waals surface area contributed by atoms with Gasteiger partial charge >= 0.3 is 0 Å². The molecule has 0 fully saturated rings. The molecule has 0 amide bonds. The Kier molecular flexibility index (Phi) is 3.23. The number of rotatable bonds is 1. The molecule has 100 valence electrons. The van der Waals surface area contributed by atoms with Gasteiger partial charge in [-0.25, -0.2) is 0 Å². The Bertz CT molecular complexity index is 649. The third kappa shape index (κ3) is 2.41. The van der Waals surface area contributed by atoms with E-state index in [1.807, 2.05) is 58.0 Å². The second kappa shape index (κ2) is 4.57. The topological polar surface area (TPSA) is 42.2 Å². The maximum absolute atomic E-state index is 12.6. The predicted octanol–water partition coefficient (Wildman–Crippen LogP) is 3.28. The first-order chi connectivity index (χ1) is 8.82. The fourth-order valence-corrected chi connectivity index (χ4v) is 2.10. The Morgan fingerprint density at radius 3 is 2.21 bits per heavy atom. The molecule has 2 aromatic rings. The van der Waals surface area contributed by atoms with E-state index in [-0.39, 0.29) is 16.8 Å². The van der Waals surface area contributed by atoms with Crippen LogP contribution in [-0.2, 0) is 5.54 Å². The Hall–Kier alpha value is -2.03. The Morgan fingerprint density at radius 1 is 1.11 bits per heavy atom. The van der Waals surface area contributed by atoms with Crippen LogP contribution in [-0.4, -0.2) is 9.67 Å². The lowest BCUT2D eigenvalue weighted by atomic mass is 10.0. The van der Waals surface area contributed by atoms with E-state index in [1.165, 1.54) is 0 Å². The molecule has 0 saturated heterocycles. The van der Waals surface area contributed by atoms with Gasteiger partial charge in [0.25, 0.3) is 5.56 Å². The highest BCUT2D eigenvalue weighted by Gasteiger charge is 2.21. The van der Waals surface area contributed by atoms with Gasteiger partial charge in [0.1, 0.15) is 5.75 Å². The normalized spacial score (nSPS) is 11.6. The fourth-order valence-electron chi connectivity index (χ4n) is 2.10. The second-order valence-electron chi connectivity index (χ2n) is 5.75. The Balaban J connectivity index is 2.82. The van der Waals surface area contributed by atoms with Crippen molar-refractivity contribution < 1.29 is 5.11 Å². The van der Waals surface area contributed by atoms with Crippen LogP contribution >= 0.6 is 0 Å². The molecule has 19 heavy (non-hydrogen) atoms. The maximum Gasteiger partial charge on any atom is 0.262 e. The van der Waals surface area contributed by atoms with Gasteiger partial charge in [-0.05, 0) is 33.3 Å². The molecule has 0 radical (unpaired) electrons. The summed E-state index contributed by atoms with van der Waals surface area (Å²) in [4.78, 5) is 12.6. The Labute approximate surface area is 113 Å². The third-order valence-corrected chi connectivity index (χ3v) is 3.15. The first-order valence-electron chi connectivity index (χ1n) is 6.33. The molecule has 1 aromatic carbocycles. The molecule has 0 bridgehead atoms. The molecule has 2 rings (SSSR count). The van der Waals surface area contributed by atoms with Crippen molar-refractivity contribution in [3.63, 3.8) is 0 Å². The number of nitrogens with zero attached hydrogens (tertiary/aromatic N) is 1. The van der Waals surface area contributed by atoms with Crippen LogP contribution in [0.15, 0.2) is 41.3 Å². The largest absolute Gasteiger partial charge is 0.507 e. The molecule has 3 heteroatoms. The average Bonchev–Trinajstić information content (AvgIpc) is 2.34. The summed E-state index contributed by atoms with van der Waals surface area (Å²) in [5, 5.41) is 10.2. The van der Waals surface area contributed by atoms with Crippen molar-refractivity contribution >= 4 is 0 Å². The first kappa shape index (κ1) is 13.4. The van der Waals surface area contributed by atoms with Crippen LogP contribution < -0.4 is 5.56 Å². The summed E-state index contributed by atoms with van der Waals surface area (Å²) in [5.41, 5.74) is 1.33. The van der Waals surface area contributed by atoms with Gasteiger partial charge in [0.15, 0.2) is 0 Å². The van der Waals surface area contributed by atoms with Gasteiger partial charge in [-0.15, -0.1) is 0 Å². The number of hydrogen-bond donors (Lipinski definition) is 1. The number of aromatic nitrogens is 1. The van der Waals surface area contributed by atoms with Crippen LogP contribution in [0, 0.1) is 6.92 Å². The zero-order valence-corrected chi connectivity index (χ0v) is 11.8. The molecule has 0 aliphatic carbocycles. The van der Waals surface area contributed by atoms with Crippen molar-refractivity contribution in [2.45, 2.75) is 33.2 Å². The minimum absolute atomic E-state index is 0.0664. The summed E-state index contributed by atoms with van der Waals surface area (Å²) < 4.78 is 1.67. The first-order valence-corrected chi connectivity index (χ1v) is 6.33. The van der Waals surface area contributed by atoms with E-state index in [4.69, 9.17) is 0 Å². The third-order valence-electron chi connectivity index (χ3n) is 3.15. The van der Waals surface area contributed by atoms with Crippen LogP contribution in [0.5, 0.6) is 5.75 Å². The van der Waals surface area contributed by atoms with Gasteiger partial charge in [0.05, 0.1) is 5.56 Å². The molecular weight excluding hydrogens is 238 g/mol. The average molecular weight is 257 g/mol. The maximum atomic E-state index is 12.6. The summed E-state index contributed by atoms with van der Waals surface area (Å²) in [6.45, 7) is 7.72. The predicted molar refractivity (Wildman–Crippen MR) is 77.5 cm³/mol. The van der Waals surface area contributed by atoms with E-state index in [1.54, 1.807) is 10.8 Å². The van der Waals surface area contributed by atoms with Crippen LogP contribution in [0.25, 0.3) is 11.1 Å². The van der Waals surface area contributed by atoms with Gasteiger partial charge < -0.3 is 9.67 Å². The van der Waals surface area contributed by atoms with Crippen molar-refractivity contribution in [1.29, 1.82) is 0 Å². The highest BCUT2D eigenvalue weighted by Crippen LogP contribution is 2.29. The highest BCUT2D eigenvalue weighted by molar-refractivity contribution is 5.70. The number of hydrogen-bond acceptors (Lipinski definition) is 2. The van der Waals surface area contributed by atoms with E-state index in [0.29, 0.717) is 11.1 Å². The van der Waals surface area contributed by atoms with Crippen molar-refractivity contribution in [3.8, 4) is 16.9 Å². The lowest BCUT2D eigenvalue weighted by Crippen LogP contribution is -2.34. The van der Waals surface area contributed by atoms with E-state index in [2.05, 4.69) is 0 Å². The zero-order valence-electron chi connectivity index (χ0n) is 11.8. The van der Waals surface area contributed by atoms with Crippen LogP contribution in [0.1, 0.15) is 26.3 Å². The molecule has 1 N–H and O–H groups in total. The van der Waals surface area contributed by atoms with Crippen molar-refractivity contribution in [1.82, 2.24) is 4.57 Å². The second-order valence-corrected chi connectivity index (χ2v) is 5.75. The van der Waals surface area contributed by atoms with Crippen LogP contribution in [0.3, 0.4) is 0 Å². The van der Waals surface area contributed by atoms with Crippen LogP contribution in [0.2, 0.25) is 0 Å². The van der Waals surface area contributed by atoms with E-state index in [0.717, 1.165) is 5.56 Å². The monoisotopic (exact) mass is 257 g/mol. The molecule has 1 heterocycles.